The van der Waals surface area contributed by atoms with Gasteiger partial charge in [-0.3, -0.25) is 0 Å². The van der Waals surface area contributed by atoms with Gasteiger partial charge in [0.1, 0.15) is 0 Å². The largest absolute Gasteiger partial charge is 0.241 e. The molecule has 0 spiro atoms. The number of benzene rings is 1. The fourth-order valence-corrected chi connectivity index (χ4v) is 3.67. The maximum absolute atomic E-state index is 12.5. The van der Waals surface area contributed by atoms with Crippen molar-refractivity contribution in [2.24, 2.45) is 5.29 Å². The van der Waals surface area contributed by atoms with Crippen LogP contribution in [0.25, 0.3) is 0 Å². The SMILES string of the molecule is Cc1cnc(Cl)nc1N(N=O)c1cccc(S(=O)(=O)NC(C)(C)C)c1. The van der Waals surface area contributed by atoms with Crippen LogP contribution in [-0.4, -0.2) is 23.9 Å². The van der Waals surface area contributed by atoms with Gasteiger partial charge in [0.05, 0.1) is 15.9 Å². The van der Waals surface area contributed by atoms with E-state index >= 15 is 0 Å². The number of aryl methyl sites for hydroxylation is 1. The first-order chi connectivity index (χ1) is 11.5. The Kier molecular flexibility index (Phi) is 5.40. The lowest BCUT2D eigenvalue weighted by Gasteiger charge is -2.21. The van der Waals surface area contributed by atoms with Gasteiger partial charge in [0.25, 0.3) is 0 Å². The zero-order valence-corrected chi connectivity index (χ0v) is 15.8. The van der Waals surface area contributed by atoms with E-state index in [1.54, 1.807) is 33.8 Å². The lowest BCUT2D eigenvalue weighted by molar-refractivity contribution is 0.491. The Morgan fingerprint density at radius 3 is 2.56 bits per heavy atom. The molecule has 1 heterocycles. The van der Waals surface area contributed by atoms with Crippen molar-refractivity contribution in [2.45, 2.75) is 38.1 Å². The van der Waals surface area contributed by atoms with Crippen molar-refractivity contribution in [3.8, 4) is 0 Å². The fraction of sp³-hybridized carbons (Fsp3) is 0.333. The Morgan fingerprint density at radius 1 is 1.28 bits per heavy atom. The van der Waals surface area contributed by atoms with Crippen LogP contribution in [-0.2, 0) is 10.0 Å². The van der Waals surface area contributed by atoms with Crippen molar-refractivity contribution in [1.82, 2.24) is 14.7 Å². The van der Waals surface area contributed by atoms with E-state index in [9.17, 15) is 13.3 Å². The molecule has 0 amide bonds. The number of halogens is 1. The Labute approximate surface area is 151 Å². The molecule has 0 saturated heterocycles. The van der Waals surface area contributed by atoms with Gasteiger partial charge in [0.2, 0.25) is 15.3 Å². The zero-order chi connectivity index (χ0) is 18.8. The normalized spacial score (nSPS) is 12.0. The van der Waals surface area contributed by atoms with Crippen LogP contribution < -0.4 is 9.73 Å². The van der Waals surface area contributed by atoms with Gasteiger partial charge in [-0.25, -0.2) is 18.1 Å². The quantitative estimate of drug-likeness (QED) is 0.482. The standard InChI is InChI=1S/C15H18ClN5O3S/c1-10-9-17-14(16)18-13(10)21(20-22)11-6-5-7-12(8-11)25(23,24)19-15(2,3)4/h5-9,19H,1-4H3. The topological polar surface area (TPSA) is 105 Å². The van der Waals surface area contributed by atoms with Crippen LogP contribution in [0.3, 0.4) is 0 Å². The molecular weight excluding hydrogens is 366 g/mol. The van der Waals surface area contributed by atoms with Crippen LogP contribution in [0.15, 0.2) is 40.6 Å². The molecule has 1 aromatic heterocycles. The molecule has 0 aliphatic heterocycles. The second-order valence-corrected chi connectivity index (χ2v) is 8.41. The van der Waals surface area contributed by atoms with Gasteiger partial charge >= 0.3 is 0 Å². The van der Waals surface area contributed by atoms with E-state index in [1.807, 2.05) is 0 Å². The Morgan fingerprint density at radius 2 is 1.96 bits per heavy atom. The summed E-state index contributed by atoms with van der Waals surface area (Å²) >= 11 is 5.78. The second kappa shape index (κ2) is 7.03. The first-order valence-corrected chi connectivity index (χ1v) is 9.16. The van der Waals surface area contributed by atoms with Crippen LogP contribution in [0.1, 0.15) is 26.3 Å². The molecule has 0 unspecified atom stereocenters. The van der Waals surface area contributed by atoms with Crippen molar-refractivity contribution in [2.75, 3.05) is 5.01 Å². The third-order valence-corrected chi connectivity index (χ3v) is 4.95. The minimum atomic E-state index is -3.76. The smallest absolute Gasteiger partial charge is 0.226 e. The summed E-state index contributed by atoms with van der Waals surface area (Å²) in [5, 5.41) is 3.87. The summed E-state index contributed by atoms with van der Waals surface area (Å²) in [5.74, 6) is 0.174. The van der Waals surface area contributed by atoms with Crippen molar-refractivity contribution < 1.29 is 8.42 Å². The lowest BCUT2D eigenvalue weighted by Crippen LogP contribution is -2.40. The number of nitrogens with one attached hydrogen (secondary N) is 1. The molecule has 0 bridgehead atoms. The molecule has 8 nitrogen and oxygen atoms in total. The van der Waals surface area contributed by atoms with E-state index in [0.717, 1.165) is 5.01 Å². The van der Waals surface area contributed by atoms with E-state index in [4.69, 9.17) is 11.6 Å². The van der Waals surface area contributed by atoms with Crippen molar-refractivity contribution in [3.63, 3.8) is 0 Å². The molecule has 0 radical (unpaired) electrons. The minimum Gasteiger partial charge on any atom is -0.226 e. The summed E-state index contributed by atoms with van der Waals surface area (Å²) in [7, 11) is -3.76. The van der Waals surface area contributed by atoms with Gasteiger partial charge in [0, 0.05) is 17.3 Å². The zero-order valence-electron chi connectivity index (χ0n) is 14.2. The van der Waals surface area contributed by atoms with Gasteiger partial charge in [-0.05, 0) is 57.5 Å². The number of nitrogens with zero attached hydrogens (tertiary/aromatic N) is 4. The molecule has 0 fully saturated rings. The third kappa shape index (κ3) is 4.71. The maximum Gasteiger partial charge on any atom is 0.241 e. The molecule has 2 aromatic rings. The predicted molar refractivity (Wildman–Crippen MR) is 96.2 cm³/mol. The number of hydrogen-bond acceptors (Lipinski definition) is 6. The molecule has 10 heteroatoms. The highest BCUT2D eigenvalue weighted by molar-refractivity contribution is 7.89. The molecular formula is C15H18ClN5O3S. The summed E-state index contributed by atoms with van der Waals surface area (Å²) in [5.41, 5.74) is 0.156. The summed E-state index contributed by atoms with van der Waals surface area (Å²) in [6.45, 7) is 6.89. The Bertz CT molecular complexity index is 896. The van der Waals surface area contributed by atoms with Gasteiger partial charge in [-0.2, -0.15) is 9.99 Å². The van der Waals surface area contributed by atoms with E-state index in [0.29, 0.717) is 5.56 Å². The average molecular weight is 384 g/mol. The molecule has 0 saturated carbocycles. The highest BCUT2D eigenvalue weighted by Gasteiger charge is 2.24. The first kappa shape index (κ1) is 19.2. The van der Waals surface area contributed by atoms with Gasteiger partial charge in [0.15, 0.2) is 5.82 Å². The van der Waals surface area contributed by atoms with E-state index < -0.39 is 15.6 Å². The van der Waals surface area contributed by atoms with Crippen molar-refractivity contribution in [3.05, 3.63) is 46.2 Å². The van der Waals surface area contributed by atoms with Crippen LogP contribution >= 0.6 is 11.6 Å². The second-order valence-electron chi connectivity index (χ2n) is 6.39. The first-order valence-electron chi connectivity index (χ1n) is 7.30. The molecule has 2 rings (SSSR count). The van der Waals surface area contributed by atoms with Crippen LogP contribution in [0.5, 0.6) is 0 Å². The Balaban J connectivity index is 2.50. The molecule has 134 valence electrons. The highest BCUT2D eigenvalue weighted by Crippen LogP contribution is 2.29. The average Bonchev–Trinajstić information content (AvgIpc) is 2.49. The van der Waals surface area contributed by atoms with Crippen molar-refractivity contribution >= 4 is 33.1 Å². The fourth-order valence-electron chi connectivity index (χ4n) is 2.08. The summed E-state index contributed by atoms with van der Waals surface area (Å²) in [6, 6.07) is 5.83. The van der Waals surface area contributed by atoms with Crippen LogP contribution in [0.4, 0.5) is 11.5 Å². The molecule has 0 aliphatic carbocycles. The predicted octanol–water partition coefficient (Wildman–Crippen LogP) is 3.33. The number of nitroso groups, excluding NO2 is 1. The Hall–Kier alpha value is -2.10. The van der Waals surface area contributed by atoms with E-state index in [2.05, 4.69) is 20.0 Å². The summed E-state index contributed by atoms with van der Waals surface area (Å²) in [4.78, 5) is 19.2. The van der Waals surface area contributed by atoms with Gasteiger partial charge in [-0.15, -0.1) is 4.91 Å². The number of aromatic nitrogens is 2. The van der Waals surface area contributed by atoms with Crippen molar-refractivity contribution in [1.29, 1.82) is 0 Å². The molecule has 0 atom stereocenters. The lowest BCUT2D eigenvalue weighted by atomic mass is 10.1. The molecule has 1 N–H and O–H groups in total. The molecule has 25 heavy (non-hydrogen) atoms. The van der Waals surface area contributed by atoms with Crippen LogP contribution in [0, 0.1) is 11.8 Å². The van der Waals surface area contributed by atoms with E-state index in [1.165, 1.54) is 24.4 Å². The molecule has 1 aromatic carbocycles. The maximum atomic E-state index is 12.5. The number of sulfonamides is 1. The third-order valence-electron chi connectivity index (χ3n) is 3.01. The van der Waals surface area contributed by atoms with Gasteiger partial charge in [-0.1, -0.05) is 6.07 Å². The van der Waals surface area contributed by atoms with E-state index in [-0.39, 0.29) is 21.7 Å². The monoisotopic (exact) mass is 383 g/mol. The van der Waals surface area contributed by atoms with Crippen LogP contribution in [0.2, 0.25) is 5.28 Å². The number of rotatable bonds is 5. The summed E-state index contributed by atoms with van der Waals surface area (Å²) in [6.07, 6.45) is 1.45. The highest BCUT2D eigenvalue weighted by atomic mass is 35.5. The van der Waals surface area contributed by atoms with Gasteiger partial charge < -0.3 is 0 Å². The molecule has 0 aliphatic rings. The number of hydrogen-bond donors (Lipinski definition) is 1. The minimum absolute atomic E-state index is 0.00591. The number of anilines is 2. The summed E-state index contributed by atoms with van der Waals surface area (Å²) < 4.78 is 27.5.